The molecule has 3 aromatic rings. The number of carbonyl (C=O) groups is 1. The molecule has 10 heteroatoms. The molecule has 0 aliphatic heterocycles. The van der Waals surface area contributed by atoms with Gasteiger partial charge in [-0.3, -0.25) is 9.52 Å². The minimum atomic E-state index is -4.59. The van der Waals surface area contributed by atoms with Crippen LogP contribution in [0.3, 0.4) is 0 Å². The first-order valence-electron chi connectivity index (χ1n) is 9.88. The van der Waals surface area contributed by atoms with Crippen LogP contribution in [0.1, 0.15) is 18.1 Å². The Bertz CT molecular complexity index is 1210. The molecule has 2 N–H and O–H groups in total. The lowest BCUT2D eigenvalue weighted by atomic mass is 10.1. The van der Waals surface area contributed by atoms with E-state index >= 15 is 0 Å². The normalized spacial score (nSPS) is 11.6. The van der Waals surface area contributed by atoms with Gasteiger partial charge in [0.2, 0.25) is 0 Å². The quantitative estimate of drug-likeness (QED) is 0.473. The van der Waals surface area contributed by atoms with Gasteiger partial charge >= 0.3 is 6.18 Å². The summed E-state index contributed by atoms with van der Waals surface area (Å²) in [4.78, 5) is 11.9. The minimum absolute atomic E-state index is 0.173. The molecule has 0 saturated carbocycles. The Morgan fingerprint density at radius 2 is 1.61 bits per heavy atom. The predicted molar refractivity (Wildman–Crippen MR) is 119 cm³/mol. The molecule has 174 valence electrons. The van der Waals surface area contributed by atoms with Gasteiger partial charge in [-0.1, -0.05) is 25.1 Å². The highest BCUT2D eigenvalue weighted by Gasteiger charge is 2.30. The average Bonchev–Trinajstić information content (AvgIpc) is 2.78. The SMILES string of the molecule is CCc1ccc(NC(=O)COc2ccc(S(=O)(=O)Nc3cccc(C(F)(F)F)c3)cc2)cc1. The van der Waals surface area contributed by atoms with E-state index in [1.165, 1.54) is 30.3 Å². The van der Waals surface area contributed by atoms with Crippen molar-refractivity contribution in [1.29, 1.82) is 0 Å². The predicted octanol–water partition coefficient (Wildman–Crippen LogP) is 5.09. The fourth-order valence-electron chi connectivity index (χ4n) is 2.86. The molecular weight excluding hydrogens is 457 g/mol. The number of anilines is 2. The highest BCUT2D eigenvalue weighted by Crippen LogP contribution is 2.31. The van der Waals surface area contributed by atoms with E-state index in [1.54, 1.807) is 12.1 Å². The van der Waals surface area contributed by atoms with Gasteiger partial charge in [0.15, 0.2) is 6.61 Å². The fourth-order valence-corrected chi connectivity index (χ4v) is 3.91. The highest BCUT2D eigenvalue weighted by molar-refractivity contribution is 7.92. The molecule has 6 nitrogen and oxygen atoms in total. The highest BCUT2D eigenvalue weighted by atomic mass is 32.2. The first-order valence-corrected chi connectivity index (χ1v) is 11.4. The van der Waals surface area contributed by atoms with Crippen LogP contribution in [0.5, 0.6) is 5.75 Å². The summed E-state index contributed by atoms with van der Waals surface area (Å²) in [6, 6.07) is 16.4. The van der Waals surface area contributed by atoms with Crippen LogP contribution in [-0.4, -0.2) is 20.9 Å². The number of aryl methyl sites for hydroxylation is 1. The second-order valence-corrected chi connectivity index (χ2v) is 8.73. The molecule has 0 fully saturated rings. The Balaban J connectivity index is 1.59. The van der Waals surface area contributed by atoms with Crippen LogP contribution in [0, 0.1) is 0 Å². The second kappa shape index (κ2) is 9.95. The monoisotopic (exact) mass is 478 g/mol. The van der Waals surface area contributed by atoms with Crippen molar-refractivity contribution in [1.82, 2.24) is 0 Å². The molecule has 33 heavy (non-hydrogen) atoms. The van der Waals surface area contributed by atoms with Gasteiger partial charge in [-0.15, -0.1) is 0 Å². The molecule has 3 rings (SSSR count). The van der Waals surface area contributed by atoms with Gasteiger partial charge in [-0.25, -0.2) is 8.42 Å². The molecule has 0 unspecified atom stereocenters. The van der Waals surface area contributed by atoms with E-state index in [2.05, 4.69) is 10.0 Å². The summed E-state index contributed by atoms with van der Waals surface area (Å²) in [5, 5.41) is 2.69. The lowest BCUT2D eigenvalue weighted by Crippen LogP contribution is -2.20. The Hall–Kier alpha value is -3.53. The Morgan fingerprint density at radius 3 is 2.21 bits per heavy atom. The molecule has 0 aromatic heterocycles. The van der Waals surface area contributed by atoms with Crippen LogP contribution in [0.15, 0.2) is 77.7 Å². The van der Waals surface area contributed by atoms with Gasteiger partial charge in [0, 0.05) is 11.4 Å². The zero-order valence-corrected chi connectivity index (χ0v) is 18.3. The zero-order chi connectivity index (χ0) is 24.1. The number of rotatable bonds is 8. The second-order valence-electron chi connectivity index (χ2n) is 7.04. The number of hydrogen-bond acceptors (Lipinski definition) is 4. The lowest BCUT2D eigenvalue weighted by Gasteiger charge is -2.12. The van der Waals surface area contributed by atoms with E-state index < -0.39 is 21.8 Å². The summed E-state index contributed by atoms with van der Waals surface area (Å²) in [5.41, 5.74) is 0.588. The van der Waals surface area contributed by atoms with Gasteiger partial charge in [0.05, 0.1) is 10.5 Å². The van der Waals surface area contributed by atoms with Crippen molar-refractivity contribution in [2.24, 2.45) is 0 Å². The van der Waals surface area contributed by atoms with Gasteiger partial charge in [-0.2, -0.15) is 13.2 Å². The van der Waals surface area contributed by atoms with E-state index in [4.69, 9.17) is 4.74 Å². The lowest BCUT2D eigenvalue weighted by molar-refractivity contribution is -0.137. The molecule has 0 saturated heterocycles. The van der Waals surface area contributed by atoms with E-state index in [9.17, 15) is 26.4 Å². The molecule has 3 aromatic carbocycles. The smallest absolute Gasteiger partial charge is 0.416 e. The first kappa shape index (κ1) is 24.1. The van der Waals surface area contributed by atoms with Crippen molar-refractivity contribution >= 4 is 27.3 Å². The number of sulfonamides is 1. The van der Waals surface area contributed by atoms with Crippen LogP contribution in [0.4, 0.5) is 24.5 Å². The molecule has 1 amide bonds. The maximum Gasteiger partial charge on any atom is 0.416 e. The summed E-state index contributed by atoms with van der Waals surface area (Å²) in [6.07, 6.45) is -3.70. The van der Waals surface area contributed by atoms with E-state index in [0.717, 1.165) is 24.1 Å². The topological polar surface area (TPSA) is 84.5 Å². The molecule has 0 spiro atoms. The van der Waals surface area contributed by atoms with Crippen molar-refractivity contribution < 1.29 is 31.1 Å². The molecule has 0 heterocycles. The number of alkyl halides is 3. The molecule has 0 atom stereocenters. The molecule has 0 aliphatic carbocycles. The summed E-state index contributed by atoms with van der Waals surface area (Å²) in [7, 11) is -4.12. The van der Waals surface area contributed by atoms with Crippen molar-refractivity contribution in [2.45, 2.75) is 24.4 Å². The summed E-state index contributed by atoms with van der Waals surface area (Å²) in [6.45, 7) is 1.74. The van der Waals surface area contributed by atoms with E-state index in [-0.39, 0.29) is 28.8 Å². The third-order valence-electron chi connectivity index (χ3n) is 4.59. The summed E-state index contributed by atoms with van der Waals surface area (Å²) < 4.78 is 71.0. The third-order valence-corrected chi connectivity index (χ3v) is 5.99. The van der Waals surface area contributed by atoms with Crippen LogP contribution in [-0.2, 0) is 27.4 Å². The number of amides is 1. The maximum atomic E-state index is 12.8. The van der Waals surface area contributed by atoms with Gasteiger partial charge < -0.3 is 10.1 Å². The van der Waals surface area contributed by atoms with Crippen LogP contribution in [0.2, 0.25) is 0 Å². The largest absolute Gasteiger partial charge is 0.484 e. The third kappa shape index (κ3) is 6.72. The first-order chi connectivity index (χ1) is 15.6. The van der Waals surface area contributed by atoms with Crippen molar-refractivity contribution in [2.75, 3.05) is 16.6 Å². The van der Waals surface area contributed by atoms with Crippen molar-refractivity contribution in [3.8, 4) is 5.75 Å². The number of ether oxygens (including phenoxy) is 1. The standard InChI is InChI=1S/C23H21F3N2O4S/c1-2-16-6-8-18(9-7-16)27-22(29)15-32-20-10-12-21(13-11-20)33(30,31)28-19-5-3-4-17(14-19)23(24,25)26/h3-14,28H,2,15H2,1H3,(H,27,29). The fraction of sp³-hybridized carbons (Fsp3) is 0.174. The van der Waals surface area contributed by atoms with E-state index in [0.29, 0.717) is 11.8 Å². The Labute approximate surface area is 189 Å². The minimum Gasteiger partial charge on any atom is -0.484 e. The molecule has 0 bridgehead atoms. The van der Waals surface area contributed by atoms with Crippen molar-refractivity contribution in [3.05, 3.63) is 83.9 Å². The number of hydrogen-bond donors (Lipinski definition) is 2. The zero-order valence-electron chi connectivity index (χ0n) is 17.5. The van der Waals surface area contributed by atoms with Crippen LogP contribution in [0.25, 0.3) is 0 Å². The van der Waals surface area contributed by atoms with E-state index in [1.807, 2.05) is 19.1 Å². The summed E-state index contributed by atoms with van der Waals surface area (Å²) >= 11 is 0. The van der Waals surface area contributed by atoms with Gasteiger partial charge in [0.25, 0.3) is 15.9 Å². The van der Waals surface area contributed by atoms with Crippen LogP contribution >= 0.6 is 0 Å². The molecule has 0 radical (unpaired) electrons. The molecular formula is C23H21F3N2O4S. The maximum absolute atomic E-state index is 12.8. The number of carbonyl (C=O) groups excluding carboxylic acids is 1. The summed E-state index contributed by atoms with van der Waals surface area (Å²) in [5.74, 6) is -0.133. The number of nitrogens with one attached hydrogen (secondary N) is 2. The van der Waals surface area contributed by atoms with Gasteiger partial charge in [-0.05, 0) is 66.6 Å². The Morgan fingerprint density at radius 1 is 0.939 bits per heavy atom. The van der Waals surface area contributed by atoms with Gasteiger partial charge in [0.1, 0.15) is 5.75 Å². The average molecular weight is 478 g/mol. The van der Waals surface area contributed by atoms with Crippen LogP contribution < -0.4 is 14.8 Å². The Kier molecular flexibility index (Phi) is 7.27. The van der Waals surface area contributed by atoms with Crippen molar-refractivity contribution in [3.63, 3.8) is 0 Å². The number of benzene rings is 3. The number of halogens is 3. The molecule has 0 aliphatic rings.